The zero-order valence-electron chi connectivity index (χ0n) is 11.2. The van der Waals surface area contributed by atoms with E-state index in [2.05, 4.69) is 18.7 Å². The first-order valence-electron chi connectivity index (χ1n) is 7.13. The van der Waals surface area contributed by atoms with Crippen LogP contribution >= 0.6 is 0 Å². The number of nitrogens with zero attached hydrogens (tertiary/aromatic N) is 1. The molecule has 0 amide bonds. The van der Waals surface area contributed by atoms with Crippen LogP contribution in [-0.4, -0.2) is 37.7 Å². The smallest absolute Gasteiger partial charge is 0.0594 e. The molecular weight excluding hydrogens is 198 g/mol. The van der Waals surface area contributed by atoms with Crippen LogP contribution in [0.5, 0.6) is 0 Å². The Labute approximate surface area is 101 Å². The van der Waals surface area contributed by atoms with Gasteiger partial charge in [-0.2, -0.15) is 0 Å². The Morgan fingerprint density at radius 1 is 1.06 bits per heavy atom. The molecule has 1 fully saturated rings. The van der Waals surface area contributed by atoms with Crippen molar-refractivity contribution >= 4 is 0 Å². The van der Waals surface area contributed by atoms with Gasteiger partial charge in [0.2, 0.25) is 0 Å². The van der Waals surface area contributed by atoms with Gasteiger partial charge in [-0.15, -0.1) is 0 Å². The molecule has 1 saturated heterocycles. The molecule has 2 nitrogen and oxygen atoms in total. The van der Waals surface area contributed by atoms with E-state index in [1.165, 1.54) is 45.1 Å². The minimum absolute atomic E-state index is 0.935. The highest BCUT2D eigenvalue weighted by atomic mass is 16.5. The lowest BCUT2D eigenvalue weighted by Crippen LogP contribution is -2.36. The summed E-state index contributed by atoms with van der Waals surface area (Å²) >= 11 is 0. The van der Waals surface area contributed by atoms with Gasteiger partial charge in [0.05, 0.1) is 13.2 Å². The molecule has 1 unspecified atom stereocenters. The van der Waals surface area contributed by atoms with Crippen molar-refractivity contribution in [1.82, 2.24) is 4.90 Å². The van der Waals surface area contributed by atoms with Gasteiger partial charge < -0.3 is 4.74 Å². The van der Waals surface area contributed by atoms with Crippen molar-refractivity contribution < 1.29 is 4.74 Å². The fourth-order valence-electron chi connectivity index (χ4n) is 2.35. The lowest BCUT2D eigenvalue weighted by molar-refractivity contribution is 0.0370. The molecule has 0 bridgehead atoms. The van der Waals surface area contributed by atoms with E-state index in [1.54, 1.807) is 0 Å². The Bertz CT molecular complexity index is 155. The van der Waals surface area contributed by atoms with Crippen molar-refractivity contribution in [2.45, 2.75) is 52.4 Å². The zero-order chi connectivity index (χ0) is 11.6. The second-order valence-corrected chi connectivity index (χ2v) is 5.20. The van der Waals surface area contributed by atoms with Gasteiger partial charge >= 0.3 is 0 Å². The molecule has 0 aromatic carbocycles. The Hall–Kier alpha value is -0.0800. The molecule has 1 aliphatic rings. The fourth-order valence-corrected chi connectivity index (χ4v) is 2.35. The van der Waals surface area contributed by atoms with Crippen LogP contribution in [0, 0.1) is 5.92 Å². The van der Waals surface area contributed by atoms with Crippen LogP contribution in [0.25, 0.3) is 0 Å². The van der Waals surface area contributed by atoms with Gasteiger partial charge in [-0.05, 0) is 18.9 Å². The summed E-state index contributed by atoms with van der Waals surface area (Å²) in [7, 11) is 0. The van der Waals surface area contributed by atoms with Crippen molar-refractivity contribution in [1.29, 1.82) is 0 Å². The van der Waals surface area contributed by atoms with Gasteiger partial charge in [0.1, 0.15) is 0 Å². The van der Waals surface area contributed by atoms with E-state index >= 15 is 0 Å². The predicted molar refractivity (Wildman–Crippen MR) is 69.8 cm³/mol. The van der Waals surface area contributed by atoms with Crippen molar-refractivity contribution in [2.24, 2.45) is 5.92 Å². The molecular formula is C14H29NO. The van der Waals surface area contributed by atoms with Gasteiger partial charge in [0.25, 0.3) is 0 Å². The molecule has 96 valence electrons. The largest absolute Gasteiger partial charge is 0.379 e. The molecule has 0 N–H and O–H groups in total. The van der Waals surface area contributed by atoms with Gasteiger partial charge in [0.15, 0.2) is 0 Å². The van der Waals surface area contributed by atoms with Crippen LogP contribution in [0.1, 0.15) is 52.4 Å². The summed E-state index contributed by atoms with van der Waals surface area (Å²) in [6.07, 6.45) is 8.37. The van der Waals surface area contributed by atoms with Gasteiger partial charge in [0, 0.05) is 13.1 Å². The maximum absolute atomic E-state index is 5.35. The van der Waals surface area contributed by atoms with E-state index < -0.39 is 0 Å². The summed E-state index contributed by atoms with van der Waals surface area (Å²) in [5.41, 5.74) is 0. The second-order valence-electron chi connectivity index (χ2n) is 5.20. The van der Waals surface area contributed by atoms with Crippen molar-refractivity contribution in [2.75, 3.05) is 32.8 Å². The molecule has 16 heavy (non-hydrogen) atoms. The highest BCUT2D eigenvalue weighted by Crippen LogP contribution is 2.15. The average Bonchev–Trinajstić information content (AvgIpc) is 2.33. The highest BCUT2D eigenvalue weighted by Gasteiger charge is 2.09. The second kappa shape index (κ2) is 9.00. The molecule has 1 atom stereocenters. The molecule has 0 aromatic rings. The maximum Gasteiger partial charge on any atom is 0.0594 e. The summed E-state index contributed by atoms with van der Waals surface area (Å²) in [5.74, 6) is 0.935. The summed E-state index contributed by atoms with van der Waals surface area (Å²) in [6.45, 7) is 10.1. The Morgan fingerprint density at radius 3 is 2.44 bits per heavy atom. The number of unbranched alkanes of at least 4 members (excludes halogenated alkanes) is 2. The standard InChI is InChI=1S/C14H29NO/c1-3-4-7-14(2)8-5-6-9-15-10-12-16-13-11-15/h14H,3-13H2,1-2H3. The fraction of sp³-hybridized carbons (Fsp3) is 1.00. The number of hydrogen-bond acceptors (Lipinski definition) is 2. The van der Waals surface area contributed by atoms with Gasteiger partial charge in [-0.25, -0.2) is 0 Å². The van der Waals surface area contributed by atoms with Crippen LogP contribution in [0.3, 0.4) is 0 Å². The van der Waals surface area contributed by atoms with E-state index in [1.807, 2.05) is 0 Å². The lowest BCUT2D eigenvalue weighted by Gasteiger charge is -2.26. The third kappa shape index (κ3) is 6.49. The van der Waals surface area contributed by atoms with Crippen LogP contribution in [0.2, 0.25) is 0 Å². The molecule has 0 saturated carbocycles. The lowest BCUT2D eigenvalue weighted by atomic mass is 9.98. The van der Waals surface area contributed by atoms with E-state index in [0.29, 0.717) is 0 Å². The van der Waals surface area contributed by atoms with Crippen molar-refractivity contribution in [3.63, 3.8) is 0 Å². The highest BCUT2D eigenvalue weighted by molar-refractivity contribution is 4.62. The predicted octanol–water partition coefficient (Wildman–Crippen LogP) is 3.32. The van der Waals surface area contributed by atoms with E-state index in [9.17, 15) is 0 Å². The van der Waals surface area contributed by atoms with Crippen LogP contribution < -0.4 is 0 Å². The molecule has 1 rings (SSSR count). The molecule has 0 spiro atoms. The van der Waals surface area contributed by atoms with Crippen LogP contribution in [-0.2, 0) is 4.74 Å². The molecule has 0 radical (unpaired) electrons. The summed E-state index contributed by atoms with van der Waals surface area (Å²) in [6, 6.07) is 0. The van der Waals surface area contributed by atoms with E-state index in [4.69, 9.17) is 4.74 Å². The molecule has 1 aliphatic heterocycles. The minimum atomic E-state index is 0.935. The topological polar surface area (TPSA) is 12.5 Å². The van der Waals surface area contributed by atoms with Crippen molar-refractivity contribution in [3.05, 3.63) is 0 Å². The summed E-state index contributed by atoms with van der Waals surface area (Å²) < 4.78 is 5.35. The van der Waals surface area contributed by atoms with E-state index in [-0.39, 0.29) is 0 Å². The molecule has 2 heteroatoms. The first-order chi connectivity index (χ1) is 7.83. The van der Waals surface area contributed by atoms with Gasteiger partial charge in [-0.1, -0.05) is 46.0 Å². The van der Waals surface area contributed by atoms with E-state index in [0.717, 1.165) is 32.2 Å². The summed E-state index contributed by atoms with van der Waals surface area (Å²) in [5, 5.41) is 0. The quantitative estimate of drug-likeness (QED) is 0.590. The van der Waals surface area contributed by atoms with Crippen molar-refractivity contribution in [3.8, 4) is 0 Å². The third-order valence-corrected chi connectivity index (χ3v) is 3.58. The number of ether oxygens (including phenoxy) is 1. The normalized spacial score (nSPS) is 19.9. The number of morpholine rings is 1. The third-order valence-electron chi connectivity index (χ3n) is 3.58. The monoisotopic (exact) mass is 227 g/mol. The average molecular weight is 227 g/mol. The molecule has 0 aromatic heterocycles. The number of rotatable bonds is 8. The summed E-state index contributed by atoms with van der Waals surface area (Å²) in [4.78, 5) is 2.54. The molecule has 0 aliphatic carbocycles. The molecule has 1 heterocycles. The Kier molecular flexibility index (Phi) is 7.87. The Morgan fingerprint density at radius 2 is 1.75 bits per heavy atom. The zero-order valence-corrected chi connectivity index (χ0v) is 11.2. The first-order valence-corrected chi connectivity index (χ1v) is 7.13. The first kappa shape index (κ1) is 14.0. The van der Waals surface area contributed by atoms with Gasteiger partial charge in [-0.3, -0.25) is 4.90 Å². The van der Waals surface area contributed by atoms with Crippen LogP contribution in [0.4, 0.5) is 0 Å². The number of hydrogen-bond donors (Lipinski definition) is 0. The Balaban J connectivity index is 1.90. The maximum atomic E-state index is 5.35. The SMILES string of the molecule is CCCCC(C)CCCCN1CCOCC1. The minimum Gasteiger partial charge on any atom is -0.379 e. The van der Waals surface area contributed by atoms with Crippen LogP contribution in [0.15, 0.2) is 0 Å².